The van der Waals surface area contributed by atoms with Gasteiger partial charge in [0.15, 0.2) is 21.5 Å². The van der Waals surface area contributed by atoms with Crippen LogP contribution < -0.4 is 10.6 Å². The number of guanidine groups is 1. The predicted octanol–water partition coefficient (Wildman–Crippen LogP) is 1.85. The smallest absolute Gasteiger partial charge is 0.381 e. The van der Waals surface area contributed by atoms with Crippen molar-refractivity contribution >= 4 is 27.1 Å². The predicted molar refractivity (Wildman–Crippen MR) is 102 cm³/mol. The molecule has 1 aliphatic rings. The minimum absolute atomic E-state index is 0.0972. The molecule has 1 aliphatic heterocycles. The van der Waals surface area contributed by atoms with Crippen molar-refractivity contribution in [1.29, 1.82) is 0 Å². The zero-order chi connectivity index (χ0) is 20.8. The van der Waals surface area contributed by atoms with Crippen LogP contribution in [-0.2, 0) is 27.2 Å². The number of nitrogens with zero attached hydrogens (tertiary/aromatic N) is 2. The Morgan fingerprint density at radius 2 is 2.04 bits per heavy atom. The van der Waals surface area contributed by atoms with E-state index in [9.17, 15) is 21.6 Å². The first-order valence-corrected chi connectivity index (χ1v) is 11.7. The number of hydrogen-bond donors (Lipinski definition) is 2. The molecule has 2 heterocycles. The molecule has 0 amide bonds. The number of thiazole rings is 1. The molecule has 0 spiro atoms. The summed E-state index contributed by atoms with van der Waals surface area (Å²) in [5.41, 5.74) is -0.886. The highest BCUT2D eigenvalue weighted by molar-refractivity contribution is 7.92. The third kappa shape index (κ3) is 6.05. The van der Waals surface area contributed by atoms with Crippen LogP contribution in [0.1, 0.15) is 30.5 Å². The first kappa shape index (κ1) is 22.9. The van der Waals surface area contributed by atoms with Gasteiger partial charge < -0.3 is 15.4 Å². The number of aliphatic imine (C=N–C) groups is 1. The zero-order valence-corrected chi connectivity index (χ0v) is 17.4. The number of ether oxygens (including phenoxy) is 1. The molecule has 1 fully saturated rings. The summed E-state index contributed by atoms with van der Waals surface area (Å²) in [6.45, 7) is 3.60. The van der Waals surface area contributed by atoms with Crippen molar-refractivity contribution in [1.82, 2.24) is 15.6 Å². The maximum Gasteiger partial charge on any atom is 0.434 e. The summed E-state index contributed by atoms with van der Waals surface area (Å²) in [5, 5.41) is 7.41. The van der Waals surface area contributed by atoms with Gasteiger partial charge in [0, 0.05) is 44.4 Å². The fourth-order valence-corrected chi connectivity index (χ4v) is 4.81. The molecule has 0 atom stereocenters. The topological polar surface area (TPSA) is 92.7 Å². The molecule has 2 N–H and O–H groups in total. The third-order valence-electron chi connectivity index (χ3n) is 4.53. The number of halogens is 3. The van der Waals surface area contributed by atoms with E-state index in [0.29, 0.717) is 56.5 Å². The molecule has 0 unspecified atom stereocenters. The normalized spacial score (nSPS) is 18.1. The Balaban J connectivity index is 1.99. The van der Waals surface area contributed by atoms with Crippen LogP contribution in [0.4, 0.5) is 13.2 Å². The van der Waals surface area contributed by atoms with E-state index >= 15 is 0 Å². The molecule has 1 aromatic heterocycles. The lowest BCUT2D eigenvalue weighted by molar-refractivity contribution is -0.140. The van der Waals surface area contributed by atoms with Gasteiger partial charge in [-0.1, -0.05) is 0 Å². The van der Waals surface area contributed by atoms with Crippen molar-refractivity contribution in [2.24, 2.45) is 4.99 Å². The molecule has 160 valence electrons. The van der Waals surface area contributed by atoms with Gasteiger partial charge in [-0.25, -0.2) is 13.4 Å². The first-order valence-electron chi connectivity index (χ1n) is 8.88. The summed E-state index contributed by atoms with van der Waals surface area (Å²) in [6, 6.07) is 0. The molecule has 7 nitrogen and oxygen atoms in total. The third-order valence-corrected chi connectivity index (χ3v) is 7.55. The lowest BCUT2D eigenvalue weighted by atomic mass is 9.99. The standard InChI is InChI=1S/C16H25F3N4O3S2/c1-3-20-14(21-7-4-13-23-12(10-27-13)16(17,18)19)22-11-15(28(2,24)25)5-8-26-9-6-15/h10H,3-9,11H2,1-2H3,(H2,20,21,22). The van der Waals surface area contributed by atoms with Crippen LogP contribution in [0.3, 0.4) is 0 Å². The van der Waals surface area contributed by atoms with Crippen molar-refractivity contribution in [3.8, 4) is 0 Å². The first-order chi connectivity index (χ1) is 13.1. The van der Waals surface area contributed by atoms with Gasteiger partial charge in [0.1, 0.15) is 0 Å². The van der Waals surface area contributed by atoms with E-state index in [4.69, 9.17) is 4.74 Å². The van der Waals surface area contributed by atoms with Gasteiger partial charge in [0.25, 0.3) is 0 Å². The summed E-state index contributed by atoms with van der Waals surface area (Å²) in [7, 11) is -3.33. The second kappa shape index (κ2) is 9.40. The van der Waals surface area contributed by atoms with Crippen molar-refractivity contribution in [3.05, 3.63) is 16.1 Å². The highest BCUT2D eigenvalue weighted by Gasteiger charge is 2.42. The Morgan fingerprint density at radius 1 is 1.36 bits per heavy atom. The highest BCUT2D eigenvalue weighted by Crippen LogP contribution is 2.30. The Kier molecular flexibility index (Phi) is 7.68. The van der Waals surface area contributed by atoms with Gasteiger partial charge in [-0.2, -0.15) is 13.2 Å². The van der Waals surface area contributed by atoms with Crippen LogP contribution in [0.25, 0.3) is 0 Å². The van der Waals surface area contributed by atoms with Crippen LogP contribution >= 0.6 is 11.3 Å². The Morgan fingerprint density at radius 3 is 2.57 bits per heavy atom. The van der Waals surface area contributed by atoms with Gasteiger partial charge in [0.05, 0.1) is 16.3 Å². The maximum atomic E-state index is 12.6. The van der Waals surface area contributed by atoms with Gasteiger partial charge in [-0.05, 0) is 19.8 Å². The number of hydrogen-bond acceptors (Lipinski definition) is 6. The maximum absolute atomic E-state index is 12.6. The molecule has 1 aromatic rings. The molecule has 0 aromatic carbocycles. The number of sulfone groups is 1. The van der Waals surface area contributed by atoms with Crippen LogP contribution in [0.2, 0.25) is 0 Å². The van der Waals surface area contributed by atoms with Crippen LogP contribution in [0.5, 0.6) is 0 Å². The van der Waals surface area contributed by atoms with Crippen LogP contribution in [0, 0.1) is 0 Å². The fraction of sp³-hybridized carbons (Fsp3) is 0.750. The summed E-state index contributed by atoms with van der Waals surface area (Å²) < 4.78 is 66.7. The lowest BCUT2D eigenvalue weighted by Crippen LogP contribution is -2.47. The summed E-state index contributed by atoms with van der Waals surface area (Å²) >= 11 is 0.956. The molecule has 0 radical (unpaired) electrons. The van der Waals surface area contributed by atoms with Crippen molar-refractivity contribution in [2.45, 2.75) is 37.1 Å². The van der Waals surface area contributed by atoms with E-state index in [1.807, 2.05) is 6.92 Å². The van der Waals surface area contributed by atoms with E-state index < -0.39 is 26.5 Å². The van der Waals surface area contributed by atoms with Gasteiger partial charge in [-0.3, -0.25) is 4.99 Å². The summed E-state index contributed by atoms with van der Waals surface area (Å²) in [6.07, 6.45) is -2.16. The fourth-order valence-electron chi connectivity index (χ4n) is 2.80. The van der Waals surface area contributed by atoms with Gasteiger partial charge in [-0.15, -0.1) is 11.3 Å². The second-order valence-electron chi connectivity index (χ2n) is 6.56. The average molecular weight is 443 g/mol. The molecule has 1 saturated heterocycles. The minimum atomic E-state index is -4.44. The zero-order valence-electron chi connectivity index (χ0n) is 15.8. The second-order valence-corrected chi connectivity index (χ2v) is 9.92. The Labute approximate surface area is 166 Å². The van der Waals surface area contributed by atoms with E-state index in [0.717, 1.165) is 16.7 Å². The van der Waals surface area contributed by atoms with Crippen LogP contribution in [0.15, 0.2) is 10.4 Å². The van der Waals surface area contributed by atoms with Gasteiger partial charge in [0.2, 0.25) is 0 Å². The van der Waals surface area contributed by atoms with Crippen LogP contribution in [-0.4, -0.2) is 63.2 Å². The van der Waals surface area contributed by atoms with Crippen molar-refractivity contribution in [3.63, 3.8) is 0 Å². The molecule has 2 rings (SSSR count). The Hall–Kier alpha value is -1.40. The summed E-state index contributed by atoms with van der Waals surface area (Å²) in [4.78, 5) is 8.00. The van der Waals surface area contributed by atoms with E-state index in [1.54, 1.807) is 0 Å². The van der Waals surface area contributed by atoms with E-state index in [1.165, 1.54) is 6.26 Å². The largest absolute Gasteiger partial charge is 0.434 e. The SMILES string of the molecule is CCNC(=NCC1(S(C)(=O)=O)CCOCC1)NCCc1nc(C(F)(F)F)cs1. The van der Waals surface area contributed by atoms with E-state index in [-0.39, 0.29) is 6.54 Å². The number of alkyl halides is 3. The Bertz CT molecular complexity index is 772. The van der Waals surface area contributed by atoms with Crippen molar-refractivity contribution < 1.29 is 26.3 Å². The van der Waals surface area contributed by atoms with Gasteiger partial charge >= 0.3 is 6.18 Å². The molecular formula is C16H25F3N4O3S2. The molecule has 28 heavy (non-hydrogen) atoms. The van der Waals surface area contributed by atoms with Crippen molar-refractivity contribution in [2.75, 3.05) is 39.1 Å². The number of rotatable bonds is 7. The molecule has 0 saturated carbocycles. The lowest BCUT2D eigenvalue weighted by Gasteiger charge is -2.34. The monoisotopic (exact) mass is 442 g/mol. The molecular weight excluding hydrogens is 417 g/mol. The van der Waals surface area contributed by atoms with E-state index in [2.05, 4.69) is 20.6 Å². The minimum Gasteiger partial charge on any atom is -0.381 e. The molecule has 12 heteroatoms. The number of nitrogens with one attached hydrogen (secondary N) is 2. The molecule has 0 bridgehead atoms. The molecule has 0 aliphatic carbocycles. The average Bonchev–Trinajstić information content (AvgIpc) is 3.09. The quantitative estimate of drug-likeness (QED) is 0.495. The highest BCUT2D eigenvalue weighted by atomic mass is 32.2. The summed E-state index contributed by atoms with van der Waals surface area (Å²) in [5.74, 6) is 0.421. The number of aromatic nitrogens is 1.